The molecule has 1 aliphatic carbocycles. The first-order chi connectivity index (χ1) is 41.9. The maximum Gasteiger partial charge on any atom is 0.333 e. The van der Waals surface area contributed by atoms with E-state index in [2.05, 4.69) is 312 Å². The molecule has 0 spiro atoms. The van der Waals surface area contributed by atoms with Gasteiger partial charge in [-0.2, -0.15) is 0 Å². The fourth-order valence-electron chi connectivity index (χ4n) is 14.7. The van der Waals surface area contributed by atoms with Crippen molar-refractivity contribution in [1.82, 2.24) is 0 Å². The molecule has 12 aromatic rings. The second-order valence-corrected chi connectivity index (χ2v) is 31.0. The molecule has 0 amide bonds. The summed E-state index contributed by atoms with van der Waals surface area (Å²) in [5, 5.41) is 3.62. The molecule has 88 heavy (non-hydrogen) atoms. The molecule has 0 fully saturated rings. The van der Waals surface area contributed by atoms with Crippen LogP contribution in [0.5, 0.6) is 0 Å². The van der Waals surface area contributed by atoms with Crippen molar-refractivity contribution < 1.29 is 4.42 Å². The molecule has 0 bridgehead atoms. The number of rotatable bonds is 7. The van der Waals surface area contributed by atoms with Crippen molar-refractivity contribution in [2.24, 2.45) is 0 Å². The Kier molecular flexibility index (Phi) is 12.5. The van der Waals surface area contributed by atoms with Crippen molar-refractivity contribution in [2.45, 2.75) is 131 Å². The van der Waals surface area contributed by atoms with Crippen molar-refractivity contribution >= 4 is 100 Å². The fraction of sp³-hybridized carbons (Fsp3) is 0.244. The predicted molar refractivity (Wildman–Crippen MR) is 379 cm³/mol. The average molecular weight is 1160 g/mol. The van der Waals surface area contributed by atoms with Crippen LogP contribution in [0.2, 0.25) is 0 Å². The van der Waals surface area contributed by atoms with E-state index in [0.717, 1.165) is 33.7 Å². The second-order valence-electron chi connectivity index (χ2n) is 29.9. The van der Waals surface area contributed by atoms with Gasteiger partial charge in [-0.1, -0.05) is 206 Å². The van der Waals surface area contributed by atoms with Crippen LogP contribution in [0.4, 0.5) is 39.8 Å². The first-order valence-electron chi connectivity index (χ1n) is 31.6. The lowest BCUT2D eigenvalue weighted by Crippen LogP contribution is -2.62. The van der Waals surface area contributed by atoms with Gasteiger partial charge in [-0.05, 0) is 190 Å². The SMILES string of the molecule is CC(C)(C)c1ccc(N2B3c4cc5occc5cc4N(Cc4ccc(C(C)(C)C)cc4-c4ccccc4)c4cc5c(c(c43)-c3cc4c(cc32)sc2ccc(N(c3ccc(C(C)(C)C)cc3)c3ccc(C(C)(C)C)cc3)cc24)C(C)(C)c2ccccc2-5)cc1. The molecule has 4 heterocycles. The van der Waals surface area contributed by atoms with E-state index in [1.54, 1.807) is 0 Å². The molecule has 0 N–H and O–H groups in total. The fourth-order valence-corrected chi connectivity index (χ4v) is 15.8. The summed E-state index contributed by atoms with van der Waals surface area (Å²) < 4.78 is 9.01. The van der Waals surface area contributed by atoms with E-state index in [4.69, 9.17) is 4.42 Å². The van der Waals surface area contributed by atoms with Crippen LogP contribution in [0.15, 0.2) is 211 Å². The molecule has 0 atom stereocenters. The van der Waals surface area contributed by atoms with Gasteiger partial charge in [-0.3, -0.25) is 0 Å². The zero-order valence-electron chi connectivity index (χ0n) is 53.6. The van der Waals surface area contributed by atoms with Crippen LogP contribution in [0.3, 0.4) is 0 Å². The van der Waals surface area contributed by atoms with Gasteiger partial charge in [0.05, 0.1) is 6.26 Å². The molecule has 10 aromatic carbocycles. The van der Waals surface area contributed by atoms with Crippen molar-refractivity contribution in [2.75, 3.05) is 14.6 Å². The van der Waals surface area contributed by atoms with Gasteiger partial charge in [0.25, 0.3) is 0 Å². The second kappa shape index (κ2) is 19.7. The number of anilines is 7. The molecule has 2 aliphatic heterocycles. The zero-order chi connectivity index (χ0) is 61.1. The Balaban J connectivity index is 1.02. The highest BCUT2D eigenvalue weighted by atomic mass is 32.1. The van der Waals surface area contributed by atoms with E-state index in [0.29, 0.717) is 6.54 Å². The van der Waals surface area contributed by atoms with Gasteiger partial charge in [0.1, 0.15) is 5.58 Å². The van der Waals surface area contributed by atoms with Gasteiger partial charge < -0.3 is 19.0 Å². The van der Waals surface area contributed by atoms with Gasteiger partial charge in [-0.15, -0.1) is 11.3 Å². The van der Waals surface area contributed by atoms with Crippen LogP contribution in [-0.2, 0) is 33.6 Å². The number of fused-ring (bicyclic) bond motifs is 12. The molecule has 3 aliphatic rings. The third kappa shape index (κ3) is 8.98. The van der Waals surface area contributed by atoms with Crippen molar-refractivity contribution in [3.63, 3.8) is 0 Å². The van der Waals surface area contributed by atoms with Gasteiger partial charge in [0.2, 0.25) is 0 Å². The monoisotopic (exact) mass is 1160 g/mol. The normalized spacial score (nSPS) is 14.3. The van der Waals surface area contributed by atoms with Crippen LogP contribution in [0.1, 0.15) is 136 Å². The third-order valence-electron chi connectivity index (χ3n) is 19.6. The molecule has 0 saturated heterocycles. The van der Waals surface area contributed by atoms with E-state index in [-0.39, 0.29) is 33.9 Å². The Bertz CT molecular complexity index is 4710. The lowest BCUT2D eigenvalue weighted by atomic mass is 9.42. The highest BCUT2D eigenvalue weighted by Crippen LogP contribution is 2.58. The Morgan fingerprint density at radius 2 is 1.07 bits per heavy atom. The highest BCUT2D eigenvalue weighted by Gasteiger charge is 2.50. The van der Waals surface area contributed by atoms with E-state index < -0.39 is 0 Å². The topological polar surface area (TPSA) is 22.9 Å². The minimum absolute atomic E-state index is 0.0187. The average Bonchev–Trinajstić information content (AvgIpc) is 1.23. The lowest BCUT2D eigenvalue weighted by molar-refractivity contribution is 0.590. The van der Waals surface area contributed by atoms with Crippen LogP contribution in [0, 0.1) is 0 Å². The Labute approximate surface area is 525 Å². The number of benzene rings is 10. The van der Waals surface area contributed by atoms with E-state index in [1.807, 2.05) is 17.6 Å². The summed E-state index contributed by atoms with van der Waals surface area (Å²) in [7, 11) is 0. The summed E-state index contributed by atoms with van der Waals surface area (Å²) in [6.45, 7) is 33.1. The molecular formula is C82H78BN3OS. The van der Waals surface area contributed by atoms with Crippen LogP contribution >= 0.6 is 11.3 Å². The molecular weight excluding hydrogens is 1090 g/mol. The summed E-state index contributed by atoms with van der Waals surface area (Å²) in [4.78, 5) is 7.83. The van der Waals surface area contributed by atoms with Crippen LogP contribution in [-0.4, -0.2) is 6.85 Å². The van der Waals surface area contributed by atoms with Gasteiger partial charge in [0.15, 0.2) is 0 Å². The maximum atomic E-state index is 6.47. The van der Waals surface area contributed by atoms with Crippen molar-refractivity contribution in [1.29, 1.82) is 0 Å². The van der Waals surface area contributed by atoms with Crippen LogP contribution < -0.4 is 25.5 Å². The number of hydrogen-bond donors (Lipinski definition) is 0. The van der Waals surface area contributed by atoms with Gasteiger partial charge in [0, 0.05) is 82.9 Å². The first kappa shape index (κ1) is 56.0. The molecule has 0 radical (unpaired) electrons. The van der Waals surface area contributed by atoms with Gasteiger partial charge in [-0.25, -0.2) is 0 Å². The van der Waals surface area contributed by atoms with E-state index >= 15 is 0 Å². The molecule has 0 saturated carbocycles. The maximum absolute atomic E-state index is 6.47. The smallest absolute Gasteiger partial charge is 0.333 e. The van der Waals surface area contributed by atoms with E-state index in [1.165, 1.54) is 120 Å². The lowest BCUT2D eigenvalue weighted by Gasteiger charge is -2.47. The number of furan rings is 1. The predicted octanol–water partition coefficient (Wildman–Crippen LogP) is 22.0. The van der Waals surface area contributed by atoms with Crippen molar-refractivity contribution in [3.8, 4) is 33.4 Å². The molecule has 4 nitrogen and oxygen atoms in total. The Morgan fingerprint density at radius 3 is 1.72 bits per heavy atom. The minimum Gasteiger partial charge on any atom is -0.464 e. The number of hydrogen-bond acceptors (Lipinski definition) is 5. The van der Waals surface area contributed by atoms with Crippen LogP contribution in [0.25, 0.3) is 64.5 Å². The third-order valence-corrected chi connectivity index (χ3v) is 20.7. The molecule has 15 rings (SSSR count). The Morgan fingerprint density at radius 1 is 0.477 bits per heavy atom. The number of nitrogens with zero attached hydrogens (tertiary/aromatic N) is 3. The van der Waals surface area contributed by atoms with Crippen molar-refractivity contribution in [3.05, 3.63) is 245 Å². The molecule has 6 heteroatoms. The summed E-state index contributed by atoms with van der Waals surface area (Å²) in [6.07, 6.45) is 1.86. The zero-order valence-corrected chi connectivity index (χ0v) is 54.4. The highest BCUT2D eigenvalue weighted by molar-refractivity contribution is 7.25. The Hall–Kier alpha value is -8.58. The summed E-state index contributed by atoms with van der Waals surface area (Å²) in [5.41, 5.74) is 28.4. The standard InChI is InChI=1S/C82H78BN3OS/c1-78(2,3)53-26-32-57(33-27-53)85(58-34-28-54(29-35-58)79(4,5)6)60-38-39-73-63(44-60)64-45-66-69(48-74(64)88-73)86(59-36-30-55(31-37-59)80(7,8)9)83-68-47-72-51(40-41-87-72)42-70(68)84(49-52-24-25-56(81(10,11)12)43-62(52)50-20-16-15-17-21-50)71-46-65-61-22-18-19-23-67(61)82(13,14)76(65)75(66)77(71)83/h15-48H,49H2,1-14H3. The molecule has 436 valence electrons. The number of thiophene rings is 1. The summed E-state index contributed by atoms with van der Waals surface area (Å²) >= 11 is 1.90. The minimum atomic E-state index is -0.321. The quantitative estimate of drug-likeness (QED) is 0.148. The first-order valence-corrected chi connectivity index (χ1v) is 32.4. The molecule has 2 aromatic heterocycles. The molecule has 0 unspecified atom stereocenters. The summed E-state index contributed by atoms with van der Waals surface area (Å²) in [5.74, 6) is 0. The van der Waals surface area contributed by atoms with Gasteiger partial charge >= 0.3 is 6.85 Å². The van der Waals surface area contributed by atoms with E-state index in [9.17, 15) is 0 Å². The largest absolute Gasteiger partial charge is 0.464 e. The summed E-state index contributed by atoms with van der Waals surface area (Å²) in [6, 6.07) is 77.4.